The first kappa shape index (κ1) is 21.6. The van der Waals surface area contributed by atoms with E-state index in [4.69, 9.17) is 0 Å². The third-order valence-corrected chi connectivity index (χ3v) is 7.10. The molecule has 1 fully saturated rings. The third kappa shape index (κ3) is 4.85. The highest BCUT2D eigenvalue weighted by Gasteiger charge is 2.20. The molecule has 8 heteroatoms. The lowest BCUT2D eigenvalue weighted by Gasteiger charge is -2.22. The summed E-state index contributed by atoms with van der Waals surface area (Å²) < 4.78 is 14.7. The fourth-order valence-electron chi connectivity index (χ4n) is 4.03. The summed E-state index contributed by atoms with van der Waals surface area (Å²) in [5, 5.41) is 0.670. The van der Waals surface area contributed by atoms with Gasteiger partial charge >= 0.3 is 0 Å². The second kappa shape index (κ2) is 9.28. The first-order valence-electron chi connectivity index (χ1n) is 10.6. The molecule has 0 spiro atoms. The van der Waals surface area contributed by atoms with Crippen LogP contribution in [0.5, 0.6) is 0 Å². The molecule has 0 N–H and O–H groups in total. The maximum atomic E-state index is 13.1. The summed E-state index contributed by atoms with van der Waals surface area (Å²) in [6, 6.07) is 6.58. The molecular formula is C23H27FN4O2S. The van der Waals surface area contributed by atoms with Crippen LogP contribution in [0.15, 0.2) is 35.4 Å². The minimum Gasteiger partial charge on any atom is -0.341 e. The molecule has 0 atom stereocenters. The number of carbonyl (C=O) groups excluding carboxylic acids is 1. The van der Waals surface area contributed by atoms with Crippen molar-refractivity contribution in [2.24, 2.45) is 0 Å². The van der Waals surface area contributed by atoms with Crippen molar-refractivity contribution in [1.29, 1.82) is 0 Å². The second-order valence-corrected chi connectivity index (χ2v) is 9.30. The standard InChI is InChI=1S/C23H27FN4O2S/c1-16-17(2)31-22-21(16)23(30)28(15-25-22)11-8-20(29)27-10-3-9-26(12-13-27)14-18-4-6-19(24)7-5-18/h4-7,15H,3,8-14H2,1-2H3. The molecule has 2 aromatic heterocycles. The average Bonchev–Trinajstić information content (AvgIpc) is 2.91. The molecule has 0 aliphatic carbocycles. The van der Waals surface area contributed by atoms with E-state index in [-0.39, 0.29) is 23.7 Å². The minimum absolute atomic E-state index is 0.0638. The number of benzene rings is 1. The topological polar surface area (TPSA) is 58.4 Å². The predicted molar refractivity (Wildman–Crippen MR) is 121 cm³/mol. The molecule has 1 amide bonds. The van der Waals surface area contributed by atoms with Crippen molar-refractivity contribution in [2.45, 2.75) is 39.8 Å². The number of rotatable bonds is 5. The first-order chi connectivity index (χ1) is 14.9. The molecule has 6 nitrogen and oxygen atoms in total. The highest BCUT2D eigenvalue weighted by molar-refractivity contribution is 7.18. The number of halogens is 1. The Morgan fingerprint density at radius 2 is 1.90 bits per heavy atom. The Bertz CT molecular complexity index is 1140. The molecule has 0 radical (unpaired) electrons. The lowest BCUT2D eigenvalue weighted by atomic mass is 10.2. The van der Waals surface area contributed by atoms with Crippen LogP contribution in [0.25, 0.3) is 10.2 Å². The molecule has 0 saturated carbocycles. The zero-order valence-corrected chi connectivity index (χ0v) is 18.8. The summed E-state index contributed by atoms with van der Waals surface area (Å²) in [6.07, 6.45) is 2.74. The Kier molecular flexibility index (Phi) is 6.48. The van der Waals surface area contributed by atoms with E-state index >= 15 is 0 Å². The molecule has 4 rings (SSSR count). The number of carbonyl (C=O) groups is 1. The number of amides is 1. The van der Waals surface area contributed by atoms with Crippen LogP contribution >= 0.6 is 11.3 Å². The average molecular weight is 443 g/mol. The summed E-state index contributed by atoms with van der Waals surface area (Å²) in [4.78, 5) is 36.1. The van der Waals surface area contributed by atoms with E-state index in [1.54, 1.807) is 10.9 Å². The Hall–Kier alpha value is -2.58. The Labute approximate surface area is 184 Å². The normalized spacial score (nSPS) is 15.4. The summed E-state index contributed by atoms with van der Waals surface area (Å²) >= 11 is 1.53. The van der Waals surface area contributed by atoms with Crippen molar-refractivity contribution in [3.05, 3.63) is 62.8 Å². The Morgan fingerprint density at radius 1 is 1.13 bits per heavy atom. The fourth-order valence-corrected chi connectivity index (χ4v) is 5.02. The van der Waals surface area contributed by atoms with Gasteiger partial charge in [-0.25, -0.2) is 9.37 Å². The van der Waals surface area contributed by atoms with Gasteiger partial charge in [0.1, 0.15) is 10.6 Å². The van der Waals surface area contributed by atoms with E-state index in [0.29, 0.717) is 25.0 Å². The van der Waals surface area contributed by atoms with E-state index in [1.807, 2.05) is 30.9 Å². The van der Waals surface area contributed by atoms with Crippen LogP contribution in [0.2, 0.25) is 0 Å². The van der Waals surface area contributed by atoms with Crippen molar-refractivity contribution < 1.29 is 9.18 Å². The molecule has 0 unspecified atom stereocenters. The maximum absolute atomic E-state index is 13.1. The van der Waals surface area contributed by atoms with E-state index < -0.39 is 0 Å². The quantitative estimate of drug-likeness (QED) is 0.608. The number of aryl methyl sites for hydroxylation is 3. The SMILES string of the molecule is Cc1sc2ncn(CCC(=O)N3CCCN(Cc4ccc(F)cc4)CC3)c(=O)c2c1C. The second-order valence-electron chi connectivity index (χ2n) is 8.09. The van der Waals surface area contributed by atoms with E-state index in [1.165, 1.54) is 23.5 Å². The largest absolute Gasteiger partial charge is 0.341 e. The van der Waals surface area contributed by atoms with Crippen LogP contribution < -0.4 is 5.56 Å². The number of fused-ring (bicyclic) bond motifs is 1. The lowest BCUT2D eigenvalue weighted by molar-refractivity contribution is -0.131. The van der Waals surface area contributed by atoms with Gasteiger partial charge in [-0.15, -0.1) is 11.3 Å². The minimum atomic E-state index is -0.228. The monoisotopic (exact) mass is 442 g/mol. The highest BCUT2D eigenvalue weighted by atomic mass is 32.1. The molecule has 1 saturated heterocycles. The predicted octanol–water partition coefficient (Wildman–Crippen LogP) is 3.34. The van der Waals surface area contributed by atoms with Gasteiger partial charge in [0.2, 0.25) is 5.91 Å². The highest BCUT2D eigenvalue weighted by Crippen LogP contribution is 2.25. The van der Waals surface area contributed by atoms with Gasteiger partial charge in [-0.1, -0.05) is 12.1 Å². The van der Waals surface area contributed by atoms with Gasteiger partial charge in [-0.3, -0.25) is 19.1 Å². The fraction of sp³-hybridized carbons (Fsp3) is 0.435. The Morgan fingerprint density at radius 3 is 2.68 bits per heavy atom. The molecule has 3 heterocycles. The molecule has 31 heavy (non-hydrogen) atoms. The number of thiophene rings is 1. The van der Waals surface area contributed by atoms with Crippen LogP contribution in [0.4, 0.5) is 4.39 Å². The van der Waals surface area contributed by atoms with Crippen LogP contribution in [0.3, 0.4) is 0 Å². The summed E-state index contributed by atoms with van der Waals surface area (Å²) in [6.45, 7) is 8.09. The molecular weight excluding hydrogens is 415 g/mol. The summed E-state index contributed by atoms with van der Waals surface area (Å²) in [7, 11) is 0. The maximum Gasteiger partial charge on any atom is 0.262 e. The van der Waals surface area contributed by atoms with Gasteiger partial charge in [0.05, 0.1) is 11.7 Å². The first-order valence-corrected chi connectivity index (χ1v) is 11.4. The van der Waals surface area contributed by atoms with Crippen molar-refractivity contribution in [1.82, 2.24) is 19.4 Å². The van der Waals surface area contributed by atoms with Gasteiger partial charge < -0.3 is 4.90 Å². The van der Waals surface area contributed by atoms with E-state index in [2.05, 4.69) is 9.88 Å². The smallest absolute Gasteiger partial charge is 0.262 e. The van der Waals surface area contributed by atoms with Crippen LogP contribution in [0, 0.1) is 19.7 Å². The van der Waals surface area contributed by atoms with Gasteiger partial charge in [0.25, 0.3) is 5.56 Å². The molecule has 3 aromatic rings. The van der Waals surface area contributed by atoms with Crippen LogP contribution in [0.1, 0.15) is 28.8 Å². The number of hydrogen-bond donors (Lipinski definition) is 0. The summed E-state index contributed by atoms with van der Waals surface area (Å²) in [5.41, 5.74) is 1.98. The molecule has 1 aliphatic rings. The van der Waals surface area contributed by atoms with Gasteiger partial charge in [-0.2, -0.15) is 0 Å². The van der Waals surface area contributed by atoms with Crippen molar-refractivity contribution in [3.8, 4) is 0 Å². The lowest BCUT2D eigenvalue weighted by Crippen LogP contribution is -2.36. The zero-order chi connectivity index (χ0) is 22.0. The van der Waals surface area contributed by atoms with E-state index in [9.17, 15) is 14.0 Å². The zero-order valence-electron chi connectivity index (χ0n) is 17.9. The van der Waals surface area contributed by atoms with Crippen molar-refractivity contribution in [3.63, 3.8) is 0 Å². The van der Waals surface area contributed by atoms with Gasteiger partial charge in [-0.05, 0) is 43.5 Å². The number of aromatic nitrogens is 2. The molecule has 164 valence electrons. The van der Waals surface area contributed by atoms with Gasteiger partial charge in [0, 0.05) is 50.6 Å². The van der Waals surface area contributed by atoms with Crippen LogP contribution in [-0.4, -0.2) is 51.4 Å². The number of hydrogen-bond acceptors (Lipinski definition) is 5. The van der Waals surface area contributed by atoms with Gasteiger partial charge in [0.15, 0.2) is 0 Å². The molecule has 1 aliphatic heterocycles. The number of nitrogens with zero attached hydrogens (tertiary/aromatic N) is 4. The molecule has 1 aromatic carbocycles. The van der Waals surface area contributed by atoms with Crippen molar-refractivity contribution in [2.75, 3.05) is 26.2 Å². The van der Waals surface area contributed by atoms with E-state index in [0.717, 1.165) is 46.9 Å². The van der Waals surface area contributed by atoms with Crippen molar-refractivity contribution >= 4 is 27.5 Å². The third-order valence-electron chi connectivity index (χ3n) is 5.98. The van der Waals surface area contributed by atoms with Crippen LogP contribution in [-0.2, 0) is 17.9 Å². The molecule has 0 bridgehead atoms. The summed E-state index contributed by atoms with van der Waals surface area (Å²) in [5.74, 6) is -0.164. The Balaban J connectivity index is 1.34.